The second kappa shape index (κ2) is 8.70. The van der Waals surface area contributed by atoms with Gasteiger partial charge in [0.05, 0.1) is 12.5 Å². The predicted octanol–water partition coefficient (Wildman–Crippen LogP) is 0.684. The zero-order valence-electron chi connectivity index (χ0n) is 16.4. The molecule has 3 atom stereocenters. The standard InChI is InChI=1S/C20H28N4O4/c1-13-5-7-14(8-6-13)16-10-17(22-21-16)19(26)23(2)12-18(25)24-9-3-4-15(11-24)20(27)28/h5-8,15-17,21-22H,3-4,9-12H2,1-2H3,(H,27,28). The van der Waals surface area contributed by atoms with E-state index in [1.54, 1.807) is 11.9 Å². The topological polar surface area (TPSA) is 102 Å². The van der Waals surface area contributed by atoms with E-state index in [9.17, 15) is 14.4 Å². The first-order chi connectivity index (χ1) is 13.3. The van der Waals surface area contributed by atoms with Crippen molar-refractivity contribution in [1.82, 2.24) is 20.7 Å². The van der Waals surface area contributed by atoms with Crippen molar-refractivity contribution in [2.75, 3.05) is 26.7 Å². The fourth-order valence-corrected chi connectivity index (χ4v) is 3.79. The highest BCUT2D eigenvalue weighted by Crippen LogP contribution is 2.23. The number of nitrogens with one attached hydrogen (secondary N) is 2. The molecule has 0 saturated carbocycles. The van der Waals surface area contributed by atoms with Gasteiger partial charge in [0, 0.05) is 26.2 Å². The summed E-state index contributed by atoms with van der Waals surface area (Å²) in [5.41, 5.74) is 8.48. The largest absolute Gasteiger partial charge is 0.481 e. The van der Waals surface area contributed by atoms with Crippen LogP contribution in [-0.2, 0) is 14.4 Å². The van der Waals surface area contributed by atoms with Crippen molar-refractivity contribution in [1.29, 1.82) is 0 Å². The molecule has 0 radical (unpaired) electrons. The zero-order valence-corrected chi connectivity index (χ0v) is 16.4. The minimum Gasteiger partial charge on any atom is -0.481 e. The van der Waals surface area contributed by atoms with Crippen molar-refractivity contribution in [2.45, 2.75) is 38.3 Å². The SMILES string of the molecule is Cc1ccc(C2CC(C(=O)N(C)CC(=O)N3CCCC(C(=O)O)C3)NN2)cc1. The molecule has 152 valence electrons. The Hall–Kier alpha value is -2.45. The van der Waals surface area contributed by atoms with Crippen LogP contribution < -0.4 is 10.9 Å². The molecule has 2 amide bonds. The van der Waals surface area contributed by atoms with Gasteiger partial charge >= 0.3 is 5.97 Å². The molecule has 8 nitrogen and oxygen atoms in total. The Bertz CT molecular complexity index is 736. The maximum Gasteiger partial charge on any atom is 0.308 e. The van der Waals surface area contributed by atoms with Crippen LogP contribution in [-0.4, -0.2) is 65.4 Å². The first-order valence-corrected chi connectivity index (χ1v) is 9.68. The van der Waals surface area contributed by atoms with Crippen LogP contribution in [0.4, 0.5) is 0 Å². The van der Waals surface area contributed by atoms with Crippen LogP contribution in [0.2, 0.25) is 0 Å². The number of carbonyl (C=O) groups excluding carboxylic acids is 2. The fraction of sp³-hybridized carbons (Fsp3) is 0.550. The van der Waals surface area contributed by atoms with Crippen LogP contribution >= 0.6 is 0 Å². The molecule has 0 aromatic heterocycles. The number of likely N-dealkylation sites (N-methyl/N-ethyl adjacent to an activating group) is 1. The van der Waals surface area contributed by atoms with Gasteiger partial charge in [0.15, 0.2) is 0 Å². The summed E-state index contributed by atoms with van der Waals surface area (Å²) in [6.07, 6.45) is 1.86. The van der Waals surface area contributed by atoms with Gasteiger partial charge in [0.1, 0.15) is 6.04 Å². The molecule has 2 saturated heterocycles. The summed E-state index contributed by atoms with van der Waals surface area (Å²) in [5, 5.41) is 9.17. The number of carbonyl (C=O) groups is 3. The summed E-state index contributed by atoms with van der Waals surface area (Å²) in [5.74, 6) is -1.75. The molecule has 1 aromatic carbocycles. The summed E-state index contributed by atoms with van der Waals surface area (Å²) >= 11 is 0. The van der Waals surface area contributed by atoms with Gasteiger partial charge in [-0.05, 0) is 31.7 Å². The van der Waals surface area contributed by atoms with Crippen LogP contribution in [0.1, 0.15) is 36.4 Å². The highest BCUT2D eigenvalue weighted by molar-refractivity contribution is 5.88. The number of benzene rings is 1. The average Bonchev–Trinajstić information content (AvgIpc) is 3.18. The molecule has 8 heteroatoms. The van der Waals surface area contributed by atoms with Crippen LogP contribution in [0.25, 0.3) is 0 Å². The van der Waals surface area contributed by atoms with Crippen molar-refractivity contribution in [3.63, 3.8) is 0 Å². The molecule has 1 aromatic rings. The lowest BCUT2D eigenvalue weighted by atomic mass is 9.98. The minimum atomic E-state index is -0.870. The van der Waals surface area contributed by atoms with E-state index in [-0.39, 0.29) is 30.9 Å². The van der Waals surface area contributed by atoms with E-state index in [1.165, 1.54) is 10.5 Å². The Morgan fingerprint density at radius 1 is 1.21 bits per heavy atom. The molecule has 0 bridgehead atoms. The zero-order chi connectivity index (χ0) is 20.3. The van der Waals surface area contributed by atoms with Gasteiger partial charge < -0.3 is 14.9 Å². The lowest BCUT2D eigenvalue weighted by molar-refractivity contribution is -0.147. The normalized spacial score (nSPS) is 24.8. The van der Waals surface area contributed by atoms with Gasteiger partial charge in [0.25, 0.3) is 0 Å². The minimum absolute atomic E-state index is 0.0390. The third kappa shape index (κ3) is 4.69. The molecule has 2 heterocycles. The summed E-state index contributed by atoms with van der Waals surface area (Å²) in [4.78, 5) is 39.4. The number of rotatable bonds is 5. The van der Waals surface area contributed by atoms with Gasteiger partial charge in [0.2, 0.25) is 11.8 Å². The van der Waals surface area contributed by atoms with Crippen LogP contribution in [0.3, 0.4) is 0 Å². The summed E-state index contributed by atoms with van der Waals surface area (Å²) in [6.45, 7) is 2.75. The van der Waals surface area contributed by atoms with E-state index < -0.39 is 17.9 Å². The Morgan fingerprint density at radius 2 is 1.93 bits per heavy atom. The van der Waals surface area contributed by atoms with Crippen molar-refractivity contribution >= 4 is 17.8 Å². The maximum absolute atomic E-state index is 12.7. The number of piperidine rings is 1. The van der Waals surface area contributed by atoms with Gasteiger partial charge in [-0.3, -0.25) is 14.4 Å². The Morgan fingerprint density at radius 3 is 2.61 bits per heavy atom. The molecule has 2 fully saturated rings. The van der Waals surface area contributed by atoms with Gasteiger partial charge in [-0.2, -0.15) is 0 Å². The second-order valence-corrected chi connectivity index (χ2v) is 7.75. The van der Waals surface area contributed by atoms with Gasteiger partial charge in [-0.15, -0.1) is 0 Å². The molecular weight excluding hydrogens is 360 g/mol. The van der Waals surface area contributed by atoms with Crippen molar-refractivity contribution in [3.05, 3.63) is 35.4 Å². The maximum atomic E-state index is 12.7. The van der Waals surface area contributed by atoms with Crippen LogP contribution in [0.5, 0.6) is 0 Å². The molecule has 2 aliphatic heterocycles. The number of carboxylic acid groups (broad SMARTS) is 1. The second-order valence-electron chi connectivity index (χ2n) is 7.75. The Labute approximate surface area is 164 Å². The van der Waals surface area contributed by atoms with E-state index in [0.717, 1.165) is 5.56 Å². The lowest BCUT2D eigenvalue weighted by Gasteiger charge is -2.32. The quantitative estimate of drug-likeness (QED) is 0.686. The van der Waals surface area contributed by atoms with E-state index in [1.807, 2.05) is 31.2 Å². The number of hydrazine groups is 1. The fourth-order valence-electron chi connectivity index (χ4n) is 3.79. The number of amides is 2. The summed E-state index contributed by atoms with van der Waals surface area (Å²) < 4.78 is 0. The molecule has 28 heavy (non-hydrogen) atoms. The van der Waals surface area contributed by atoms with Gasteiger partial charge in [-0.1, -0.05) is 29.8 Å². The molecular formula is C20H28N4O4. The first kappa shape index (κ1) is 20.3. The number of hydrogen-bond donors (Lipinski definition) is 3. The Kier molecular flexibility index (Phi) is 6.31. The molecule has 0 spiro atoms. The summed E-state index contributed by atoms with van der Waals surface area (Å²) in [6, 6.07) is 7.81. The Balaban J connectivity index is 1.52. The average molecular weight is 388 g/mol. The smallest absolute Gasteiger partial charge is 0.308 e. The highest BCUT2D eigenvalue weighted by Gasteiger charge is 2.34. The molecule has 0 aliphatic carbocycles. The monoisotopic (exact) mass is 388 g/mol. The number of likely N-dealkylation sites (tertiary alicyclic amines) is 1. The van der Waals surface area contributed by atoms with Crippen LogP contribution in [0.15, 0.2) is 24.3 Å². The van der Waals surface area contributed by atoms with Crippen LogP contribution in [0, 0.1) is 12.8 Å². The number of aliphatic carboxylic acids is 1. The van der Waals surface area contributed by atoms with E-state index in [0.29, 0.717) is 25.8 Å². The van der Waals surface area contributed by atoms with Crippen molar-refractivity contribution in [2.24, 2.45) is 5.92 Å². The van der Waals surface area contributed by atoms with E-state index in [2.05, 4.69) is 10.9 Å². The van der Waals surface area contributed by atoms with Crippen molar-refractivity contribution in [3.8, 4) is 0 Å². The number of carboxylic acids is 1. The molecule has 3 rings (SSSR count). The molecule has 3 unspecified atom stereocenters. The number of nitrogens with zero attached hydrogens (tertiary/aromatic N) is 2. The van der Waals surface area contributed by atoms with E-state index >= 15 is 0 Å². The molecule has 2 aliphatic rings. The highest BCUT2D eigenvalue weighted by atomic mass is 16.4. The van der Waals surface area contributed by atoms with Gasteiger partial charge in [-0.25, -0.2) is 10.9 Å². The summed E-state index contributed by atoms with van der Waals surface area (Å²) in [7, 11) is 1.61. The first-order valence-electron chi connectivity index (χ1n) is 9.68. The predicted molar refractivity (Wildman–Crippen MR) is 103 cm³/mol. The third-order valence-electron chi connectivity index (χ3n) is 5.55. The number of aryl methyl sites for hydroxylation is 1. The number of hydrogen-bond acceptors (Lipinski definition) is 5. The third-order valence-corrected chi connectivity index (χ3v) is 5.55. The van der Waals surface area contributed by atoms with Crippen molar-refractivity contribution < 1.29 is 19.5 Å². The molecule has 3 N–H and O–H groups in total. The van der Waals surface area contributed by atoms with E-state index in [4.69, 9.17) is 5.11 Å². The lowest BCUT2D eigenvalue weighted by Crippen LogP contribution is -2.50.